The summed E-state index contributed by atoms with van der Waals surface area (Å²) < 4.78 is 15.5. The number of rotatable bonds is 5. The molecular formula is C30H33FN6O. The Kier molecular flexibility index (Phi) is 6.66. The number of benzene rings is 2. The highest BCUT2D eigenvalue weighted by atomic mass is 19.1. The molecule has 0 amide bonds. The summed E-state index contributed by atoms with van der Waals surface area (Å²) in [7, 11) is 0. The summed E-state index contributed by atoms with van der Waals surface area (Å²) in [5.41, 5.74) is 5.84. The average Bonchev–Trinajstić information content (AvgIpc) is 3.40. The summed E-state index contributed by atoms with van der Waals surface area (Å²) in [6.07, 6.45) is 8.63. The molecule has 1 saturated carbocycles. The van der Waals surface area contributed by atoms with E-state index >= 15 is 0 Å². The SMILES string of the molecule is Cc1cc(C)c2[nH]c(=O)c([C@H](c3nnnn3C3CCCCC3)N3CC=C(c4ccc(F)cc4)CC3)cc2c1. The Balaban J connectivity index is 1.44. The molecule has 1 atom stereocenters. The number of hydrogen-bond donors (Lipinski definition) is 1. The number of aryl methyl sites for hydroxylation is 2. The first-order valence-corrected chi connectivity index (χ1v) is 13.6. The van der Waals surface area contributed by atoms with Gasteiger partial charge in [-0.25, -0.2) is 9.07 Å². The van der Waals surface area contributed by atoms with Gasteiger partial charge in [-0.05, 0) is 89.9 Å². The lowest BCUT2D eigenvalue weighted by Crippen LogP contribution is -2.38. The van der Waals surface area contributed by atoms with Crippen LogP contribution in [0.15, 0.2) is 53.3 Å². The molecule has 196 valence electrons. The first-order chi connectivity index (χ1) is 18.5. The summed E-state index contributed by atoms with van der Waals surface area (Å²) in [4.78, 5) is 19.1. The quantitative estimate of drug-likeness (QED) is 0.374. The maximum atomic E-state index is 13.6. The van der Waals surface area contributed by atoms with Gasteiger partial charge in [-0.15, -0.1) is 5.10 Å². The predicted octanol–water partition coefficient (Wildman–Crippen LogP) is 5.65. The summed E-state index contributed by atoms with van der Waals surface area (Å²) in [5, 5.41) is 14.1. The van der Waals surface area contributed by atoms with Crippen LogP contribution in [0.2, 0.25) is 0 Å². The van der Waals surface area contributed by atoms with E-state index in [1.807, 2.05) is 29.8 Å². The smallest absolute Gasteiger partial charge is 0.253 e. The van der Waals surface area contributed by atoms with Crippen molar-refractivity contribution in [3.63, 3.8) is 0 Å². The first-order valence-electron chi connectivity index (χ1n) is 13.6. The van der Waals surface area contributed by atoms with Crippen molar-refractivity contribution in [1.29, 1.82) is 0 Å². The number of H-pyrrole nitrogens is 1. The van der Waals surface area contributed by atoms with Crippen molar-refractivity contribution in [1.82, 2.24) is 30.1 Å². The average molecular weight is 513 g/mol. The number of nitrogens with one attached hydrogen (secondary N) is 1. The molecule has 2 aliphatic rings. The lowest BCUT2D eigenvalue weighted by molar-refractivity contribution is 0.221. The van der Waals surface area contributed by atoms with Gasteiger partial charge in [-0.3, -0.25) is 9.69 Å². The number of hydrogen-bond acceptors (Lipinski definition) is 5. The summed E-state index contributed by atoms with van der Waals surface area (Å²) >= 11 is 0. The fourth-order valence-electron chi connectivity index (χ4n) is 6.22. The molecule has 8 heteroatoms. The van der Waals surface area contributed by atoms with Gasteiger partial charge < -0.3 is 4.98 Å². The van der Waals surface area contributed by atoms with E-state index in [2.05, 4.69) is 50.5 Å². The highest BCUT2D eigenvalue weighted by molar-refractivity contribution is 5.83. The van der Waals surface area contributed by atoms with Gasteiger partial charge in [0.2, 0.25) is 0 Å². The molecule has 0 saturated heterocycles. The van der Waals surface area contributed by atoms with Gasteiger partial charge in [0.15, 0.2) is 5.82 Å². The molecule has 0 spiro atoms. The summed E-state index contributed by atoms with van der Waals surface area (Å²) in [5.74, 6) is 0.493. The highest BCUT2D eigenvalue weighted by Gasteiger charge is 2.33. The van der Waals surface area contributed by atoms with E-state index in [9.17, 15) is 9.18 Å². The molecule has 1 fully saturated rings. The second kappa shape index (κ2) is 10.3. The minimum absolute atomic E-state index is 0.110. The number of aromatic amines is 1. The van der Waals surface area contributed by atoms with Crippen molar-refractivity contribution in [2.45, 2.75) is 64.5 Å². The zero-order valence-electron chi connectivity index (χ0n) is 22.0. The van der Waals surface area contributed by atoms with Crippen LogP contribution in [0.4, 0.5) is 4.39 Å². The zero-order chi connectivity index (χ0) is 26.2. The van der Waals surface area contributed by atoms with Crippen LogP contribution in [0.1, 0.15) is 78.7 Å². The molecule has 0 radical (unpaired) electrons. The normalized spacial score (nSPS) is 18.0. The van der Waals surface area contributed by atoms with E-state index in [0.29, 0.717) is 12.1 Å². The van der Waals surface area contributed by atoms with Crippen LogP contribution < -0.4 is 5.56 Å². The predicted molar refractivity (Wildman–Crippen MR) is 146 cm³/mol. The third kappa shape index (κ3) is 4.69. The Hall–Kier alpha value is -3.65. The largest absolute Gasteiger partial charge is 0.321 e. The molecule has 0 bridgehead atoms. The summed E-state index contributed by atoms with van der Waals surface area (Å²) in [6.45, 7) is 5.47. The molecule has 38 heavy (non-hydrogen) atoms. The van der Waals surface area contributed by atoms with Crippen LogP contribution in [-0.4, -0.2) is 43.2 Å². The van der Waals surface area contributed by atoms with E-state index in [1.165, 1.54) is 24.1 Å². The van der Waals surface area contributed by atoms with Gasteiger partial charge in [0.05, 0.1) is 11.6 Å². The Morgan fingerprint density at radius 3 is 2.58 bits per heavy atom. The molecule has 7 nitrogen and oxygen atoms in total. The van der Waals surface area contributed by atoms with Gasteiger partial charge in [0.1, 0.15) is 11.9 Å². The van der Waals surface area contributed by atoms with E-state index < -0.39 is 0 Å². The third-order valence-corrected chi connectivity index (χ3v) is 8.12. The molecule has 2 aromatic heterocycles. The van der Waals surface area contributed by atoms with Gasteiger partial charge in [0, 0.05) is 18.7 Å². The molecule has 1 N–H and O–H groups in total. The second-order valence-electron chi connectivity index (χ2n) is 10.8. The van der Waals surface area contributed by atoms with E-state index in [4.69, 9.17) is 0 Å². The number of halogens is 1. The first kappa shape index (κ1) is 24.7. The molecule has 0 unspecified atom stereocenters. The van der Waals surface area contributed by atoms with E-state index in [1.54, 1.807) is 0 Å². The molecule has 2 aromatic carbocycles. The molecule has 1 aliphatic carbocycles. The Morgan fingerprint density at radius 1 is 1.05 bits per heavy atom. The highest BCUT2D eigenvalue weighted by Crippen LogP contribution is 2.35. The second-order valence-corrected chi connectivity index (χ2v) is 10.8. The lowest BCUT2D eigenvalue weighted by Gasteiger charge is -2.34. The molecule has 1 aliphatic heterocycles. The van der Waals surface area contributed by atoms with Crippen molar-refractivity contribution in [3.05, 3.63) is 92.8 Å². The van der Waals surface area contributed by atoms with Gasteiger partial charge in [0.25, 0.3) is 5.56 Å². The topological polar surface area (TPSA) is 79.7 Å². The minimum Gasteiger partial charge on any atom is -0.321 e. The van der Waals surface area contributed by atoms with Crippen LogP contribution in [0.25, 0.3) is 16.5 Å². The van der Waals surface area contributed by atoms with Crippen LogP contribution in [0, 0.1) is 19.7 Å². The fraction of sp³-hybridized carbons (Fsp3) is 0.400. The van der Waals surface area contributed by atoms with Crippen LogP contribution in [0.5, 0.6) is 0 Å². The number of tetrazole rings is 1. The van der Waals surface area contributed by atoms with Crippen molar-refractivity contribution in [2.75, 3.05) is 13.1 Å². The van der Waals surface area contributed by atoms with Crippen molar-refractivity contribution < 1.29 is 4.39 Å². The van der Waals surface area contributed by atoms with Gasteiger partial charge in [-0.2, -0.15) is 0 Å². The van der Waals surface area contributed by atoms with Crippen LogP contribution >= 0.6 is 0 Å². The number of fused-ring (bicyclic) bond motifs is 1. The number of pyridine rings is 1. The van der Waals surface area contributed by atoms with E-state index in [-0.39, 0.29) is 23.5 Å². The third-order valence-electron chi connectivity index (χ3n) is 8.12. The molecule has 3 heterocycles. The molecule has 6 rings (SSSR count). The van der Waals surface area contributed by atoms with Crippen LogP contribution in [-0.2, 0) is 0 Å². The minimum atomic E-state index is -0.382. The van der Waals surface area contributed by atoms with Gasteiger partial charge in [-0.1, -0.05) is 49.1 Å². The van der Waals surface area contributed by atoms with Crippen molar-refractivity contribution >= 4 is 16.5 Å². The maximum absolute atomic E-state index is 13.6. The van der Waals surface area contributed by atoms with Crippen molar-refractivity contribution in [3.8, 4) is 0 Å². The van der Waals surface area contributed by atoms with Gasteiger partial charge >= 0.3 is 0 Å². The number of aromatic nitrogens is 5. The maximum Gasteiger partial charge on any atom is 0.253 e. The Morgan fingerprint density at radius 2 is 1.84 bits per heavy atom. The summed E-state index contributed by atoms with van der Waals surface area (Å²) in [6, 6.07) is 12.8. The standard InChI is InChI=1S/C30H33FN6O/c1-19-16-20(2)27-23(17-19)18-26(30(38)32-27)28(29-33-34-35-37(29)25-6-4-3-5-7-25)36-14-12-22(13-15-36)21-8-10-24(31)11-9-21/h8-12,16-18,25,28H,3-7,13-15H2,1-2H3,(H,32,38)/t28-/m1/s1. The molecule has 4 aromatic rings. The monoisotopic (exact) mass is 512 g/mol. The lowest BCUT2D eigenvalue weighted by atomic mass is 9.94. The fourth-order valence-corrected chi connectivity index (χ4v) is 6.22. The zero-order valence-corrected chi connectivity index (χ0v) is 22.0. The number of nitrogens with zero attached hydrogens (tertiary/aromatic N) is 5. The molecular weight excluding hydrogens is 479 g/mol. The Bertz CT molecular complexity index is 1550. The van der Waals surface area contributed by atoms with Crippen LogP contribution in [0.3, 0.4) is 0 Å². The van der Waals surface area contributed by atoms with E-state index in [0.717, 1.165) is 72.1 Å². The Labute approximate surface area is 221 Å². The van der Waals surface area contributed by atoms with Crippen molar-refractivity contribution in [2.24, 2.45) is 0 Å².